The van der Waals surface area contributed by atoms with E-state index in [1.165, 1.54) is 13.0 Å². The summed E-state index contributed by atoms with van der Waals surface area (Å²) in [4.78, 5) is 30.8. The molecule has 0 aliphatic carbocycles. The van der Waals surface area contributed by atoms with Crippen LogP contribution in [-0.2, 0) is 4.74 Å². The van der Waals surface area contributed by atoms with Crippen molar-refractivity contribution in [2.45, 2.75) is 13.8 Å². The van der Waals surface area contributed by atoms with Gasteiger partial charge in [0, 0.05) is 0 Å². The molecule has 0 radical (unpaired) electrons. The summed E-state index contributed by atoms with van der Waals surface area (Å²) >= 11 is 0. The maximum absolute atomic E-state index is 12.7. The fraction of sp³-hybridized carbons (Fsp3) is 0.231. The molecule has 0 spiro atoms. The minimum absolute atomic E-state index is 0.00932. The van der Waals surface area contributed by atoms with Crippen LogP contribution in [0, 0.1) is 12.7 Å². The Labute approximate surface area is 119 Å². The number of nitrogens with zero attached hydrogens (tertiary/aromatic N) is 2. The number of nitrogens with one attached hydrogen (secondary N) is 1. The summed E-state index contributed by atoms with van der Waals surface area (Å²) < 4.78 is 22.7. The Hall–Kier alpha value is -2.77. The number of halogens is 1. The number of pyridine rings is 1. The van der Waals surface area contributed by atoms with Crippen molar-refractivity contribution in [2.75, 3.05) is 11.9 Å². The third-order valence-electron chi connectivity index (χ3n) is 2.45. The predicted octanol–water partition coefficient (Wildman–Crippen LogP) is 1.95. The van der Waals surface area contributed by atoms with Gasteiger partial charge in [0.25, 0.3) is 5.91 Å². The first-order valence-electron chi connectivity index (χ1n) is 6.08. The summed E-state index contributed by atoms with van der Waals surface area (Å²) in [5, 5.41) is 2.33. The normalized spacial score (nSPS) is 10.2. The largest absolute Gasteiger partial charge is 0.461 e. The summed E-state index contributed by atoms with van der Waals surface area (Å²) in [7, 11) is 0. The van der Waals surface area contributed by atoms with Crippen molar-refractivity contribution in [2.24, 2.45) is 0 Å². The maximum atomic E-state index is 12.7. The van der Waals surface area contributed by atoms with Crippen LogP contribution >= 0.6 is 0 Å². The first-order chi connectivity index (χ1) is 10.0. The Morgan fingerprint density at radius 3 is 2.81 bits per heavy atom. The highest BCUT2D eigenvalue weighted by Gasteiger charge is 2.20. The molecule has 0 unspecified atom stereocenters. The zero-order chi connectivity index (χ0) is 15.4. The van der Waals surface area contributed by atoms with E-state index in [1.54, 1.807) is 6.92 Å². The summed E-state index contributed by atoms with van der Waals surface area (Å²) in [5.41, 5.74) is -0.0239. The topological polar surface area (TPSA) is 94.3 Å². The van der Waals surface area contributed by atoms with Gasteiger partial charge in [0.1, 0.15) is 17.3 Å². The zero-order valence-electron chi connectivity index (χ0n) is 11.3. The summed E-state index contributed by atoms with van der Waals surface area (Å²) in [6, 6.07) is 2.16. The molecule has 0 aliphatic heterocycles. The smallest absolute Gasteiger partial charge is 0.360 e. The molecule has 0 saturated carbocycles. The lowest BCUT2D eigenvalue weighted by atomic mass is 10.3. The number of hydrogen-bond acceptors (Lipinski definition) is 6. The molecule has 21 heavy (non-hydrogen) atoms. The number of oxazole rings is 1. The second kappa shape index (κ2) is 6.12. The number of ether oxygens (including phenoxy) is 1. The van der Waals surface area contributed by atoms with Gasteiger partial charge in [-0.25, -0.2) is 14.2 Å². The number of amides is 1. The number of rotatable bonds is 4. The average Bonchev–Trinajstić information content (AvgIpc) is 2.80. The van der Waals surface area contributed by atoms with E-state index in [0.717, 1.165) is 12.3 Å². The standard InChI is InChI=1S/C13H12FN3O4/c1-3-20-12(19)10-7(2)21-13(16-10)17-11(18)9-5-4-8(14)6-15-9/h4-6H,3H2,1-2H3,(H,16,17,18). The van der Waals surface area contributed by atoms with Crippen molar-refractivity contribution in [3.8, 4) is 0 Å². The van der Waals surface area contributed by atoms with E-state index in [4.69, 9.17) is 9.15 Å². The highest BCUT2D eigenvalue weighted by Crippen LogP contribution is 2.16. The molecule has 2 aromatic rings. The van der Waals surface area contributed by atoms with Gasteiger partial charge in [0.2, 0.25) is 0 Å². The highest BCUT2D eigenvalue weighted by molar-refractivity contribution is 6.01. The summed E-state index contributed by atoms with van der Waals surface area (Å²) in [6.45, 7) is 3.38. The van der Waals surface area contributed by atoms with Crippen LogP contribution in [-0.4, -0.2) is 28.5 Å². The lowest BCUT2D eigenvalue weighted by Crippen LogP contribution is -2.14. The van der Waals surface area contributed by atoms with Crippen molar-refractivity contribution in [3.05, 3.63) is 41.3 Å². The van der Waals surface area contributed by atoms with Crippen molar-refractivity contribution < 1.29 is 23.1 Å². The molecule has 1 N–H and O–H groups in total. The Balaban J connectivity index is 2.13. The number of carbonyl (C=O) groups excluding carboxylic acids is 2. The van der Waals surface area contributed by atoms with Gasteiger partial charge in [-0.05, 0) is 26.0 Å². The number of esters is 1. The number of aryl methyl sites for hydroxylation is 1. The summed E-state index contributed by atoms with van der Waals surface area (Å²) in [6.07, 6.45) is 0.916. The molecular formula is C13H12FN3O4. The monoisotopic (exact) mass is 293 g/mol. The van der Waals surface area contributed by atoms with Crippen LogP contribution in [0.4, 0.5) is 10.4 Å². The Morgan fingerprint density at radius 2 is 2.19 bits per heavy atom. The summed E-state index contributed by atoms with van der Waals surface area (Å²) in [5.74, 6) is -1.61. The molecule has 0 atom stereocenters. The maximum Gasteiger partial charge on any atom is 0.360 e. The van der Waals surface area contributed by atoms with Crippen LogP contribution in [0.5, 0.6) is 0 Å². The van der Waals surface area contributed by atoms with E-state index in [0.29, 0.717) is 0 Å². The predicted molar refractivity (Wildman–Crippen MR) is 69.3 cm³/mol. The lowest BCUT2D eigenvalue weighted by Gasteiger charge is -1.99. The Kier molecular flexibility index (Phi) is 4.27. The van der Waals surface area contributed by atoms with Gasteiger partial charge in [-0.3, -0.25) is 10.1 Å². The van der Waals surface area contributed by atoms with E-state index in [1.807, 2.05) is 0 Å². The third-order valence-corrected chi connectivity index (χ3v) is 2.45. The van der Waals surface area contributed by atoms with E-state index in [2.05, 4.69) is 15.3 Å². The van der Waals surface area contributed by atoms with Gasteiger partial charge in [-0.2, -0.15) is 4.98 Å². The van der Waals surface area contributed by atoms with Gasteiger partial charge in [0.15, 0.2) is 5.69 Å². The van der Waals surface area contributed by atoms with E-state index in [9.17, 15) is 14.0 Å². The molecular weight excluding hydrogens is 281 g/mol. The average molecular weight is 293 g/mol. The molecule has 110 valence electrons. The number of hydrogen-bond donors (Lipinski definition) is 1. The van der Waals surface area contributed by atoms with Crippen LogP contribution in [0.3, 0.4) is 0 Å². The van der Waals surface area contributed by atoms with Gasteiger partial charge >= 0.3 is 12.0 Å². The van der Waals surface area contributed by atoms with Crippen molar-refractivity contribution in [3.63, 3.8) is 0 Å². The third kappa shape index (κ3) is 3.41. The molecule has 0 aromatic carbocycles. The first-order valence-corrected chi connectivity index (χ1v) is 6.08. The molecule has 2 rings (SSSR count). The van der Waals surface area contributed by atoms with Gasteiger partial charge in [-0.1, -0.05) is 0 Å². The quantitative estimate of drug-likeness (QED) is 0.866. The Bertz CT molecular complexity index is 667. The van der Waals surface area contributed by atoms with Gasteiger partial charge in [-0.15, -0.1) is 0 Å². The molecule has 0 bridgehead atoms. The van der Waals surface area contributed by atoms with Crippen LogP contribution < -0.4 is 5.32 Å². The second-order valence-electron chi connectivity index (χ2n) is 3.96. The van der Waals surface area contributed by atoms with Crippen LogP contribution in [0.2, 0.25) is 0 Å². The second-order valence-corrected chi connectivity index (χ2v) is 3.96. The van der Waals surface area contributed by atoms with Crippen molar-refractivity contribution >= 4 is 17.9 Å². The lowest BCUT2D eigenvalue weighted by molar-refractivity contribution is 0.0518. The van der Waals surface area contributed by atoms with Gasteiger partial charge in [0.05, 0.1) is 12.8 Å². The fourth-order valence-electron chi connectivity index (χ4n) is 1.51. The van der Waals surface area contributed by atoms with E-state index >= 15 is 0 Å². The molecule has 1 amide bonds. The molecule has 0 fully saturated rings. The molecule has 0 saturated heterocycles. The number of carbonyl (C=O) groups is 2. The zero-order valence-corrected chi connectivity index (χ0v) is 11.3. The molecule has 0 aliphatic rings. The minimum Gasteiger partial charge on any atom is -0.461 e. The number of anilines is 1. The molecule has 2 aromatic heterocycles. The van der Waals surface area contributed by atoms with E-state index < -0.39 is 17.7 Å². The number of aromatic nitrogens is 2. The SMILES string of the molecule is CCOC(=O)c1nc(NC(=O)c2ccc(F)cn2)oc1C. The highest BCUT2D eigenvalue weighted by atomic mass is 19.1. The van der Waals surface area contributed by atoms with Crippen molar-refractivity contribution in [1.82, 2.24) is 9.97 Å². The fourth-order valence-corrected chi connectivity index (χ4v) is 1.51. The molecule has 7 nitrogen and oxygen atoms in total. The van der Waals surface area contributed by atoms with Crippen LogP contribution in [0.1, 0.15) is 33.7 Å². The minimum atomic E-state index is -0.640. The first kappa shape index (κ1) is 14.6. The van der Waals surface area contributed by atoms with Crippen LogP contribution in [0.15, 0.2) is 22.7 Å². The van der Waals surface area contributed by atoms with Gasteiger partial charge < -0.3 is 9.15 Å². The molecule has 8 heteroatoms. The van der Waals surface area contributed by atoms with E-state index in [-0.39, 0.29) is 29.8 Å². The Morgan fingerprint density at radius 1 is 1.43 bits per heavy atom. The van der Waals surface area contributed by atoms with Crippen LogP contribution in [0.25, 0.3) is 0 Å². The molecule has 2 heterocycles. The van der Waals surface area contributed by atoms with Crippen molar-refractivity contribution in [1.29, 1.82) is 0 Å².